The molecular weight excluding hydrogens is 338 g/mol. The normalized spacial score (nSPS) is 15.3. The van der Waals surface area contributed by atoms with Crippen LogP contribution < -0.4 is 5.32 Å². The maximum Gasteiger partial charge on any atom is 0.317 e. The molecule has 6 heteroatoms. The summed E-state index contributed by atoms with van der Waals surface area (Å²) in [4.78, 5) is 23.5. The highest BCUT2D eigenvalue weighted by atomic mass is 16.2. The molecule has 0 radical (unpaired) electrons. The maximum atomic E-state index is 12.5. The van der Waals surface area contributed by atoms with Gasteiger partial charge in [-0.2, -0.15) is 0 Å². The molecule has 0 saturated carbocycles. The zero-order chi connectivity index (χ0) is 18.8. The van der Waals surface area contributed by atoms with Crippen LogP contribution in [-0.4, -0.2) is 38.6 Å². The molecule has 6 nitrogen and oxygen atoms in total. The van der Waals surface area contributed by atoms with Crippen LogP contribution in [0.4, 0.5) is 4.79 Å². The number of urea groups is 1. The quantitative estimate of drug-likeness (QED) is 0.773. The number of aryl methyl sites for hydroxylation is 2. The average molecular weight is 363 g/mol. The fraction of sp³-hybridized carbons (Fsp3) is 0.381. The molecule has 1 fully saturated rings. The first-order valence-electron chi connectivity index (χ1n) is 9.49. The van der Waals surface area contributed by atoms with Gasteiger partial charge in [-0.15, -0.1) is 0 Å². The first-order valence-corrected chi connectivity index (χ1v) is 9.49. The van der Waals surface area contributed by atoms with Gasteiger partial charge < -0.3 is 14.8 Å². The number of fused-ring (bicyclic) bond motifs is 1. The number of imidazole rings is 1. The molecule has 27 heavy (non-hydrogen) atoms. The molecule has 0 unspecified atom stereocenters. The Morgan fingerprint density at radius 3 is 2.63 bits per heavy atom. The minimum Gasteiger partial charge on any atom is -0.334 e. The second-order valence-corrected chi connectivity index (χ2v) is 7.24. The van der Waals surface area contributed by atoms with Crippen molar-refractivity contribution in [3.8, 4) is 0 Å². The second-order valence-electron chi connectivity index (χ2n) is 7.24. The van der Waals surface area contributed by atoms with E-state index in [1.807, 2.05) is 30.2 Å². The third-order valence-corrected chi connectivity index (χ3v) is 5.31. The van der Waals surface area contributed by atoms with Crippen molar-refractivity contribution in [3.05, 3.63) is 59.5 Å². The molecule has 1 saturated heterocycles. The molecule has 3 aromatic rings. The number of amides is 2. The number of benzene rings is 1. The Bertz CT molecular complexity index is 939. The van der Waals surface area contributed by atoms with E-state index in [4.69, 9.17) is 0 Å². The molecule has 0 bridgehead atoms. The molecule has 1 N–H and O–H groups in total. The number of carbonyl (C=O) groups excluding carboxylic acids is 1. The molecule has 1 aromatic carbocycles. The number of carbonyl (C=O) groups is 1. The van der Waals surface area contributed by atoms with Crippen LogP contribution in [0.1, 0.15) is 35.8 Å². The SMILES string of the molecule is Cc1ccc(CNC(=O)N2CCC(n3c(C)nc4cccnc43)CC2)cc1. The molecule has 0 atom stereocenters. The fourth-order valence-electron chi connectivity index (χ4n) is 3.80. The standard InChI is InChI=1S/C21H25N5O/c1-15-5-7-17(8-6-15)14-23-21(27)25-12-9-18(10-13-25)26-16(2)24-19-4-3-11-22-20(19)26/h3-8,11,18H,9-10,12-14H2,1-2H3,(H,23,27). The predicted octanol–water partition coefficient (Wildman–Crippen LogP) is 3.59. The van der Waals surface area contributed by atoms with Crippen LogP contribution in [0.5, 0.6) is 0 Å². The highest BCUT2D eigenvalue weighted by Crippen LogP contribution is 2.27. The minimum atomic E-state index is 0.0133. The van der Waals surface area contributed by atoms with Crippen molar-refractivity contribution in [1.29, 1.82) is 0 Å². The van der Waals surface area contributed by atoms with Crippen molar-refractivity contribution in [3.63, 3.8) is 0 Å². The van der Waals surface area contributed by atoms with E-state index in [0.717, 1.165) is 48.5 Å². The van der Waals surface area contributed by atoms with E-state index in [9.17, 15) is 4.79 Å². The monoisotopic (exact) mass is 363 g/mol. The molecule has 140 valence electrons. The lowest BCUT2D eigenvalue weighted by Crippen LogP contribution is -2.44. The van der Waals surface area contributed by atoms with Gasteiger partial charge in [-0.25, -0.2) is 14.8 Å². The molecule has 1 aliphatic rings. The second kappa shape index (κ2) is 7.39. The average Bonchev–Trinajstić information content (AvgIpc) is 3.03. The van der Waals surface area contributed by atoms with Crippen LogP contribution in [0.2, 0.25) is 0 Å². The van der Waals surface area contributed by atoms with Gasteiger partial charge in [0.25, 0.3) is 0 Å². The lowest BCUT2D eigenvalue weighted by atomic mass is 10.0. The Kier molecular flexibility index (Phi) is 4.79. The highest BCUT2D eigenvalue weighted by Gasteiger charge is 2.26. The highest BCUT2D eigenvalue weighted by molar-refractivity contribution is 5.74. The molecule has 0 aliphatic carbocycles. The van der Waals surface area contributed by atoms with E-state index in [1.165, 1.54) is 5.56 Å². The number of likely N-dealkylation sites (tertiary alicyclic amines) is 1. The van der Waals surface area contributed by atoms with Crippen LogP contribution in [0.15, 0.2) is 42.6 Å². The largest absolute Gasteiger partial charge is 0.334 e. The van der Waals surface area contributed by atoms with Crippen molar-refractivity contribution >= 4 is 17.2 Å². The number of rotatable bonds is 3. The zero-order valence-corrected chi connectivity index (χ0v) is 15.9. The number of aromatic nitrogens is 3. The third-order valence-electron chi connectivity index (χ3n) is 5.31. The number of nitrogens with zero attached hydrogens (tertiary/aromatic N) is 4. The van der Waals surface area contributed by atoms with Gasteiger partial charge in [-0.05, 0) is 44.4 Å². The molecule has 2 aromatic heterocycles. The molecule has 1 aliphatic heterocycles. The maximum absolute atomic E-state index is 12.5. The number of piperidine rings is 1. The van der Waals surface area contributed by atoms with Crippen LogP contribution in [0.3, 0.4) is 0 Å². The smallest absolute Gasteiger partial charge is 0.317 e. The van der Waals surface area contributed by atoms with Crippen molar-refractivity contribution in [2.75, 3.05) is 13.1 Å². The van der Waals surface area contributed by atoms with Crippen molar-refractivity contribution < 1.29 is 4.79 Å². The van der Waals surface area contributed by atoms with E-state index < -0.39 is 0 Å². The van der Waals surface area contributed by atoms with Crippen LogP contribution in [0, 0.1) is 13.8 Å². The summed E-state index contributed by atoms with van der Waals surface area (Å²) in [5.41, 5.74) is 4.23. The molecule has 0 spiro atoms. The van der Waals surface area contributed by atoms with Crippen LogP contribution in [-0.2, 0) is 6.54 Å². The zero-order valence-electron chi connectivity index (χ0n) is 15.9. The minimum absolute atomic E-state index is 0.0133. The van der Waals surface area contributed by atoms with Crippen LogP contribution >= 0.6 is 0 Å². The summed E-state index contributed by atoms with van der Waals surface area (Å²) in [6, 6.07) is 12.5. The Balaban J connectivity index is 1.36. The molecule has 3 heterocycles. The summed E-state index contributed by atoms with van der Waals surface area (Å²) in [5.74, 6) is 0.992. The van der Waals surface area contributed by atoms with E-state index in [-0.39, 0.29) is 6.03 Å². The van der Waals surface area contributed by atoms with Gasteiger partial charge in [0.15, 0.2) is 5.65 Å². The van der Waals surface area contributed by atoms with E-state index in [1.54, 1.807) is 0 Å². The molecular formula is C21H25N5O. The lowest BCUT2D eigenvalue weighted by molar-refractivity contribution is 0.171. The summed E-state index contributed by atoms with van der Waals surface area (Å²) in [7, 11) is 0. The van der Waals surface area contributed by atoms with Gasteiger partial charge in [0.05, 0.1) is 0 Å². The molecule has 4 rings (SSSR count). The summed E-state index contributed by atoms with van der Waals surface area (Å²) in [5, 5.41) is 3.03. The first kappa shape index (κ1) is 17.5. The Hall–Kier alpha value is -2.89. The van der Waals surface area contributed by atoms with Crippen LogP contribution in [0.25, 0.3) is 11.2 Å². The Morgan fingerprint density at radius 2 is 1.89 bits per heavy atom. The number of nitrogens with one attached hydrogen (secondary N) is 1. The van der Waals surface area contributed by atoms with E-state index in [0.29, 0.717) is 12.6 Å². The summed E-state index contributed by atoms with van der Waals surface area (Å²) >= 11 is 0. The van der Waals surface area contributed by atoms with E-state index >= 15 is 0 Å². The van der Waals surface area contributed by atoms with Gasteiger partial charge in [-0.3, -0.25) is 0 Å². The third kappa shape index (κ3) is 3.65. The van der Waals surface area contributed by atoms with Gasteiger partial charge in [-0.1, -0.05) is 29.8 Å². The lowest BCUT2D eigenvalue weighted by Gasteiger charge is -2.33. The number of hydrogen-bond acceptors (Lipinski definition) is 3. The predicted molar refractivity (Wildman–Crippen MR) is 106 cm³/mol. The van der Waals surface area contributed by atoms with Crippen molar-refractivity contribution in [1.82, 2.24) is 24.8 Å². The summed E-state index contributed by atoms with van der Waals surface area (Å²) in [6.07, 6.45) is 3.65. The topological polar surface area (TPSA) is 63.1 Å². The number of pyridine rings is 1. The van der Waals surface area contributed by atoms with Gasteiger partial charge in [0, 0.05) is 31.9 Å². The Labute approximate surface area is 159 Å². The summed E-state index contributed by atoms with van der Waals surface area (Å²) < 4.78 is 2.23. The van der Waals surface area contributed by atoms with Gasteiger partial charge >= 0.3 is 6.03 Å². The van der Waals surface area contributed by atoms with Gasteiger partial charge in [0.2, 0.25) is 0 Å². The van der Waals surface area contributed by atoms with Crippen molar-refractivity contribution in [2.24, 2.45) is 0 Å². The first-order chi connectivity index (χ1) is 13.1. The number of hydrogen-bond donors (Lipinski definition) is 1. The van der Waals surface area contributed by atoms with Gasteiger partial charge in [0.1, 0.15) is 11.3 Å². The molecule has 2 amide bonds. The van der Waals surface area contributed by atoms with E-state index in [2.05, 4.69) is 51.0 Å². The Morgan fingerprint density at radius 1 is 1.15 bits per heavy atom. The van der Waals surface area contributed by atoms with Crippen molar-refractivity contribution in [2.45, 2.75) is 39.3 Å². The summed E-state index contributed by atoms with van der Waals surface area (Å²) in [6.45, 7) is 6.15. The fourth-order valence-corrected chi connectivity index (χ4v) is 3.80.